The topological polar surface area (TPSA) is 11.4 Å². The second-order valence-corrected chi connectivity index (χ2v) is 16.8. The fraction of sp³-hybridized carbons (Fsp3) is 0. The Bertz CT molecular complexity index is 3440. The van der Waals surface area contributed by atoms with E-state index in [1.165, 1.54) is 88.8 Å². The van der Waals surface area contributed by atoms with Crippen molar-refractivity contribution < 1.29 is 0 Å². The molecule has 0 amide bonds. The van der Waals surface area contributed by atoms with Crippen LogP contribution in [-0.2, 0) is 0 Å². The van der Waals surface area contributed by atoms with Crippen LogP contribution in [-0.4, -0.2) is 11.3 Å². The van der Waals surface area contributed by atoms with Gasteiger partial charge >= 0.3 is 0 Å². The molecule has 0 bridgehead atoms. The maximum Gasteiger partial charge on any atom is 0.252 e. The Balaban J connectivity index is 1.15. The fourth-order valence-corrected chi connectivity index (χ4v) is 10.7. The Morgan fingerprint density at radius 1 is 0.297 bits per heavy atom. The molecule has 0 saturated heterocycles. The van der Waals surface area contributed by atoms with Gasteiger partial charge in [0, 0.05) is 50.6 Å². The molecule has 2 aliphatic heterocycles. The highest BCUT2D eigenvalue weighted by Gasteiger charge is 2.44. The second-order valence-electron chi connectivity index (χ2n) is 16.8. The van der Waals surface area contributed by atoms with Crippen LogP contribution in [0.3, 0.4) is 0 Å². The summed E-state index contributed by atoms with van der Waals surface area (Å²) >= 11 is 0. The van der Waals surface area contributed by atoms with E-state index in [0.29, 0.717) is 0 Å². The zero-order chi connectivity index (χ0) is 42.1. The SMILES string of the molecule is c1ccc(-c2cccc(-c3ccccc3)c2-c2cc3c4c(c2)N(c2ccccc2)c2ccc(-n5c6ccccc6c6ccccc65)cc2B4c2ccccc2N3c2ccccc2)cc1. The summed E-state index contributed by atoms with van der Waals surface area (Å²) < 4.78 is 2.45. The standard InChI is InChI=1S/C60H40BN3/c1-5-20-41(21-6-1)47-30-19-31-48(42-22-7-2-8-23-42)59(47)43-38-57-60-58(39-43)63(45-26-11-4-12-27-45)56-37-36-46(64-53-33-16-13-28-49(53)50-29-14-17-34-54(50)64)40-52(56)61(60)51-32-15-18-35-55(51)62(57)44-24-9-3-10-25-44/h1-40H. The van der Waals surface area contributed by atoms with E-state index >= 15 is 0 Å². The van der Waals surface area contributed by atoms with Gasteiger partial charge in [0.1, 0.15) is 0 Å². The van der Waals surface area contributed by atoms with Gasteiger partial charge in [-0.25, -0.2) is 0 Å². The van der Waals surface area contributed by atoms with E-state index in [0.717, 1.165) is 22.6 Å². The lowest BCUT2D eigenvalue weighted by Gasteiger charge is -2.44. The normalized spacial score (nSPS) is 12.6. The Morgan fingerprint density at radius 2 is 0.766 bits per heavy atom. The lowest BCUT2D eigenvalue weighted by Crippen LogP contribution is -2.61. The third kappa shape index (κ3) is 5.56. The Kier molecular flexibility index (Phi) is 8.32. The van der Waals surface area contributed by atoms with E-state index in [1.807, 2.05) is 0 Å². The lowest BCUT2D eigenvalue weighted by molar-refractivity contribution is 1.18. The first-order valence-corrected chi connectivity index (χ1v) is 22.1. The van der Waals surface area contributed by atoms with Crippen molar-refractivity contribution in [3.05, 3.63) is 243 Å². The number of fused-ring (bicyclic) bond motifs is 7. The molecule has 0 N–H and O–H groups in total. The van der Waals surface area contributed by atoms with Crippen LogP contribution in [0.25, 0.3) is 60.9 Å². The average Bonchev–Trinajstić information content (AvgIpc) is 3.71. The van der Waals surface area contributed by atoms with Crippen molar-refractivity contribution in [2.24, 2.45) is 0 Å². The highest BCUT2D eigenvalue weighted by Crippen LogP contribution is 2.49. The van der Waals surface area contributed by atoms with Gasteiger partial charge in [0.2, 0.25) is 0 Å². The zero-order valence-electron chi connectivity index (χ0n) is 35.0. The molecule has 3 nitrogen and oxygen atoms in total. The summed E-state index contributed by atoms with van der Waals surface area (Å²) in [5.41, 5.74) is 21.5. The van der Waals surface area contributed by atoms with Gasteiger partial charge in [-0.05, 0) is 123 Å². The van der Waals surface area contributed by atoms with E-state index in [4.69, 9.17) is 0 Å². The molecule has 0 spiro atoms. The molecule has 0 radical (unpaired) electrons. The predicted molar refractivity (Wildman–Crippen MR) is 271 cm³/mol. The number of anilines is 6. The molecule has 13 rings (SSSR count). The van der Waals surface area contributed by atoms with Crippen LogP contribution >= 0.6 is 0 Å². The summed E-state index contributed by atoms with van der Waals surface area (Å²) in [5.74, 6) is 0. The Morgan fingerprint density at radius 3 is 1.33 bits per heavy atom. The highest BCUT2D eigenvalue weighted by atomic mass is 15.2. The van der Waals surface area contributed by atoms with Gasteiger partial charge in [-0.3, -0.25) is 0 Å². The van der Waals surface area contributed by atoms with Gasteiger partial charge < -0.3 is 14.4 Å². The van der Waals surface area contributed by atoms with Gasteiger partial charge in [-0.1, -0.05) is 170 Å². The first kappa shape index (κ1) is 36.3. The molecule has 4 heteroatoms. The van der Waals surface area contributed by atoms with E-state index in [2.05, 4.69) is 257 Å². The summed E-state index contributed by atoms with van der Waals surface area (Å²) in [5, 5.41) is 2.52. The predicted octanol–water partition coefficient (Wildman–Crippen LogP) is 13.9. The molecule has 64 heavy (non-hydrogen) atoms. The minimum absolute atomic E-state index is 0.0452. The van der Waals surface area contributed by atoms with Crippen LogP contribution in [0.15, 0.2) is 243 Å². The van der Waals surface area contributed by atoms with E-state index in [-0.39, 0.29) is 6.71 Å². The molecule has 0 unspecified atom stereocenters. The third-order valence-corrected chi connectivity index (χ3v) is 13.3. The molecular weight excluding hydrogens is 773 g/mol. The van der Waals surface area contributed by atoms with Crippen LogP contribution in [0.1, 0.15) is 0 Å². The lowest BCUT2D eigenvalue weighted by atomic mass is 9.33. The molecule has 10 aromatic carbocycles. The fourth-order valence-electron chi connectivity index (χ4n) is 10.7. The van der Waals surface area contributed by atoms with Crippen LogP contribution in [0, 0.1) is 0 Å². The largest absolute Gasteiger partial charge is 0.311 e. The van der Waals surface area contributed by atoms with Gasteiger partial charge in [-0.2, -0.15) is 0 Å². The van der Waals surface area contributed by atoms with Crippen LogP contribution in [0.2, 0.25) is 0 Å². The first-order chi connectivity index (χ1) is 31.8. The molecule has 0 aliphatic carbocycles. The number of rotatable bonds is 6. The minimum atomic E-state index is -0.0452. The Hall–Kier alpha value is -8.34. The average molecular weight is 814 g/mol. The minimum Gasteiger partial charge on any atom is -0.311 e. The first-order valence-electron chi connectivity index (χ1n) is 22.1. The van der Waals surface area contributed by atoms with Crippen molar-refractivity contribution in [3.8, 4) is 39.1 Å². The van der Waals surface area contributed by atoms with Gasteiger partial charge in [0.05, 0.1) is 11.0 Å². The molecule has 298 valence electrons. The summed E-state index contributed by atoms with van der Waals surface area (Å²) in [7, 11) is 0. The maximum atomic E-state index is 2.52. The van der Waals surface area contributed by atoms with Gasteiger partial charge in [0.15, 0.2) is 0 Å². The molecule has 0 fully saturated rings. The van der Waals surface area contributed by atoms with Crippen molar-refractivity contribution >= 4 is 79.0 Å². The van der Waals surface area contributed by atoms with Crippen molar-refractivity contribution in [1.82, 2.24) is 4.57 Å². The second kappa shape index (κ2) is 14.6. The molecule has 0 saturated carbocycles. The monoisotopic (exact) mass is 813 g/mol. The quantitative estimate of drug-likeness (QED) is 0.155. The summed E-state index contributed by atoms with van der Waals surface area (Å²) in [6.45, 7) is -0.0452. The molecule has 11 aromatic rings. The number of nitrogens with zero attached hydrogens (tertiary/aromatic N) is 3. The summed E-state index contributed by atoms with van der Waals surface area (Å²) in [4.78, 5) is 5.03. The molecule has 2 aliphatic rings. The van der Waals surface area contributed by atoms with Crippen molar-refractivity contribution in [1.29, 1.82) is 0 Å². The number of para-hydroxylation sites is 5. The number of benzene rings is 10. The van der Waals surface area contributed by atoms with Crippen LogP contribution < -0.4 is 26.2 Å². The molecule has 1 aromatic heterocycles. The van der Waals surface area contributed by atoms with Crippen LogP contribution in [0.4, 0.5) is 34.1 Å². The van der Waals surface area contributed by atoms with Crippen LogP contribution in [0.5, 0.6) is 0 Å². The van der Waals surface area contributed by atoms with Gasteiger partial charge in [0.25, 0.3) is 6.71 Å². The maximum absolute atomic E-state index is 2.52. The third-order valence-electron chi connectivity index (χ3n) is 13.3. The Labute approximate surface area is 373 Å². The number of aromatic nitrogens is 1. The number of hydrogen-bond donors (Lipinski definition) is 0. The molecule has 0 atom stereocenters. The molecular formula is C60H40BN3. The highest BCUT2D eigenvalue weighted by molar-refractivity contribution is 7.00. The molecule has 3 heterocycles. The summed E-state index contributed by atoms with van der Waals surface area (Å²) in [6, 6.07) is 89.2. The van der Waals surface area contributed by atoms with E-state index < -0.39 is 0 Å². The van der Waals surface area contributed by atoms with E-state index in [1.54, 1.807) is 0 Å². The van der Waals surface area contributed by atoms with Crippen molar-refractivity contribution in [3.63, 3.8) is 0 Å². The van der Waals surface area contributed by atoms with Crippen molar-refractivity contribution in [2.45, 2.75) is 0 Å². The van der Waals surface area contributed by atoms with Gasteiger partial charge in [-0.15, -0.1) is 0 Å². The number of hydrogen-bond acceptors (Lipinski definition) is 2. The zero-order valence-corrected chi connectivity index (χ0v) is 35.0. The van der Waals surface area contributed by atoms with Crippen molar-refractivity contribution in [2.75, 3.05) is 9.80 Å². The van der Waals surface area contributed by atoms with E-state index in [9.17, 15) is 0 Å². The summed E-state index contributed by atoms with van der Waals surface area (Å²) in [6.07, 6.45) is 0. The smallest absolute Gasteiger partial charge is 0.252 e.